The second kappa shape index (κ2) is 6.12. The molecule has 0 aromatic heterocycles. The molecule has 1 aromatic carbocycles. The van der Waals surface area contributed by atoms with Crippen molar-refractivity contribution in [3.05, 3.63) is 45.4 Å². The Hall–Kier alpha value is -1.77. The lowest BCUT2D eigenvalue weighted by Gasteiger charge is -2.24. The van der Waals surface area contributed by atoms with Crippen LogP contribution in [0.1, 0.15) is 5.56 Å². The van der Waals surface area contributed by atoms with Gasteiger partial charge in [-0.1, -0.05) is 0 Å². The molecule has 0 N–H and O–H groups in total. The van der Waals surface area contributed by atoms with E-state index in [9.17, 15) is 18.5 Å². The van der Waals surface area contributed by atoms with Crippen molar-refractivity contribution in [2.75, 3.05) is 26.3 Å². The van der Waals surface area contributed by atoms with Gasteiger partial charge in [0.05, 0.1) is 18.1 Å². The Kier molecular flexibility index (Phi) is 4.48. The van der Waals surface area contributed by atoms with Gasteiger partial charge in [0, 0.05) is 30.6 Å². The fraction of sp³-hybridized carbons (Fsp3) is 0.333. The standard InChI is InChI=1S/C12H14N2O5S/c15-14(16)12-3-1-11(2-4-12)5-10-20(17,18)13-6-8-19-9-7-13/h1-5,10H,6-9H2/b10-5+. The quantitative estimate of drug-likeness (QED) is 0.616. The van der Waals surface area contributed by atoms with Crippen LogP contribution in [0, 0.1) is 10.1 Å². The van der Waals surface area contributed by atoms with E-state index in [1.54, 1.807) is 0 Å². The summed E-state index contributed by atoms with van der Waals surface area (Å²) in [5.74, 6) is 0. The second-order valence-corrected chi connectivity index (χ2v) is 6.03. The SMILES string of the molecule is O=[N+]([O-])c1ccc(/C=C/S(=O)(=O)N2CCOCC2)cc1. The number of non-ortho nitro benzene ring substituents is 1. The number of morpholine rings is 1. The van der Waals surface area contributed by atoms with E-state index in [2.05, 4.69) is 0 Å². The molecule has 1 fully saturated rings. The lowest BCUT2D eigenvalue weighted by atomic mass is 10.2. The Bertz CT molecular complexity index is 603. The molecule has 1 aliphatic heterocycles. The molecular formula is C12H14N2O5S. The predicted molar refractivity (Wildman–Crippen MR) is 73.4 cm³/mol. The second-order valence-electron chi connectivity index (χ2n) is 4.21. The zero-order valence-corrected chi connectivity index (χ0v) is 11.5. The van der Waals surface area contributed by atoms with Gasteiger partial charge in [-0.3, -0.25) is 10.1 Å². The molecule has 1 saturated heterocycles. The molecule has 1 heterocycles. The first-order chi connectivity index (χ1) is 9.49. The summed E-state index contributed by atoms with van der Waals surface area (Å²) in [7, 11) is -3.47. The van der Waals surface area contributed by atoms with Crippen LogP contribution in [0.3, 0.4) is 0 Å². The average molecular weight is 298 g/mol. The van der Waals surface area contributed by atoms with Crippen LogP contribution in [0.25, 0.3) is 6.08 Å². The highest BCUT2D eigenvalue weighted by Gasteiger charge is 2.21. The topological polar surface area (TPSA) is 89.8 Å². The molecule has 0 amide bonds. The molecule has 0 unspecified atom stereocenters. The number of benzene rings is 1. The molecular weight excluding hydrogens is 284 g/mol. The summed E-state index contributed by atoms with van der Waals surface area (Å²) in [4.78, 5) is 10.0. The van der Waals surface area contributed by atoms with E-state index in [1.165, 1.54) is 34.6 Å². The van der Waals surface area contributed by atoms with Gasteiger partial charge < -0.3 is 4.74 Å². The minimum atomic E-state index is -3.47. The van der Waals surface area contributed by atoms with Crippen LogP contribution in [-0.2, 0) is 14.8 Å². The first-order valence-electron chi connectivity index (χ1n) is 5.99. The zero-order valence-electron chi connectivity index (χ0n) is 10.6. The molecule has 1 aliphatic rings. The smallest absolute Gasteiger partial charge is 0.269 e. The number of nitro benzene ring substituents is 1. The predicted octanol–water partition coefficient (Wildman–Crippen LogP) is 1.23. The Morgan fingerprint density at radius 1 is 1.20 bits per heavy atom. The largest absolute Gasteiger partial charge is 0.379 e. The zero-order chi connectivity index (χ0) is 14.6. The third kappa shape index (κ3) is 3.62. The molecule has 0 atom stereocenters. The minimum Gasteiger partial charge on any atom is -0.379 e. The maximum absolute atomic E-state index is 12.0. The highest BCUT2D eigenvalue weighted by Crippen LogP contribution is 2.14. The van der Waals surface area contributed by atoms with Crippen LogP contribution in [0.5, 0.6) is 0 Å². The summed E-state index contributed by atoms with van der Waals surface area (Å²) in [6, 6.07) is 5.68. The van der Waals surface area contributed by atoms with Gasteiger partial charge >= 0.3 is 0 Å². The number of hydrogen-bond acceptors (Lipinski definition) is 5. The van der Waals surface area contributed by atoms with Gasteiger partial charge in [0.2, 0.25) is 10.0 Å². The number of nitro groups is 1. The molecule has 108 valence electrons. The van der Waals surface area contributed by atoms with E-state index in [0.29, 0.717) is 31.9 Å². The Morgan fingerprint density at radius 2 is 1.80 bits per heavy atom. The number of rotatable bonds is 4. The summed E-state index contributed by atoms with van der Waals surface area (Å²) in [6.45, 7) is 1.47. The summed E-state index contributed by atoms with van der Waals surface area (Å²) in [5.41, 5.74) is 0.561. The Balaban J connectivity index is 2.09. The minimum absolute atomic E-state index is 0.0295. The fourth-order valence-corrected chi connectivity index (χ4v) is 2.92. The third-order valence-corrected chi connectivity index (χ3v) is 4.43. The highest BCUT2D eigenvalue weighted by molar-refractivity contribution is 7.92. The molecule has 8 heteroatoms. The van der Waals surface area contributed by atoms with Gasteiger partial charge in [0.1, 0.15) is 0 Å². The first kappa shape index (κ1) is 14.6. The summed E-state index contributed by atoms with van der Waals surface area (Å²) >= 11 is 0. The van der Waals surface area contributed by atoms with Crippen LogP contribution in [0.2, 0.25) is 0 Å². The van der Waals surface area contributed by atoms with Crippen LogP contribution < -0.4 is 0 Å². The van der Waals surface area contributed by atoms with Crippen LogP contribution in [0.4, 0.5) is 5.69 Å². The number of sulfonamides is 1. The van der Waals surface area contributed by atoms with Crippen molar-refractivity contribution in [3.8, 4) is 0 Å². The molecule has 1 aromatic rings. The highest BCUT2D eigenvalue weighted by atomic mass is 32.2. The normalized spacial score (nSPS) is 17.4. The number of ether oxygens (including phenoxy) is 1. The van der Waals surface area contributed by atoms with E-state index in [-0.39, 0.29) is 5.69 Å². The Labute approximate surface area is 116 Å². The molecule has 0 spiro atoms. The molecule has 7 nitrogen and oxygen atoms in total. The molecule has 0 aliphatic carbocycles. The summed E-state index contributed by atoms with van der Waals surface area (Å²) in [6.07, 6.45) is 1.43. The van der Waals surface area contributed by atoms with Crippen molar-refractivity contribution in [2.24, 2.45) is 0 Å². The molecule has 0 radical (unpaired) electrons. The van der Waals surface area contributed by atoms with Gasteiger partial charge in [-0.25, -0.2) is 8.42 Å². The number of nitrogens with zero attached hydrogens (tertiary/aromatic N) is 2. The average Bonchev–Trinajstić information content (AvgIpc) is 2.46. The van der Waals surface area contributed by atoms with Crippen LogP contribution in [0.15, 0.2) is 29.7 Å². The fourth-order valence-electron chi connectivity index (χ4n) is 1.76. The van der Waals surface area contributed by atoms with Crippen molar-refractivity contribution in [2.45, 2.75) is 0 Å². The van der Waals surface area contributed by atoms with Gasteiger partial charge in [-0.2, -0.15) is 4.31 Å². The van der Waals surface area contributed by atoms with Crippen molar-refractivity contribution >= 4 is 21.8 Å². The van der Waals surface area contributed by atoms with E-state index >= 15 is 0 Å². The Morgan fingerprint density at radius 3 is 2.35 bits per heavy atom. The van der Waals surface area contributed by atoms with Crippen molar-refractivity contribution in [3.63, 3.8) is 0 Å². The van der Waals surface area contributed by atoms with E-state index < -0.39 is 14.9 Å². The van der Waals surface area contributed by atoms with Crippen LogP contribution in [-0.4, -0.2) is 43.9 Å². The maximum Gasteiger partial charge on any atom is 0.269 e. The van der Waals surface area contributed by atoms with Gasteiger partial charge in [0.25, 0.3) is 5.69 Å². The summed E-state index contributed by atoms with van der Waals surface area (Å²) in [5, 5.41) is 11.6. The van der Waals surface area contributed by atoms with Gasteiger partial charge in [0.15, 0.2) is 0 Å². The van der Waals surface area contributed by atoms with Crippen molar-refractivity contribution in [1.29, 1.82) is 0 Å². The van der Waals surface area contributed by atoms with E-state index in [0.717, 1.165) is 5.41 Å². The molecule has 2 rings (SSSR count). The van der Waals surface area contributed by atoms with E-state index in [1.807, 2.05) is 0 Å². The van der Waals surface area contributed by atoms with Crippen molar-refractivity contribution in [1.82, 2.24) is 4.31 Å². The molecule has 0 saturated carbocycles. The third-order valence-electron chi connectivity index (χ3n) is 2.87. The van der Waals surface area contributed by atoms with E-state index in [4.69, 9.17) is 4.74 Å². The maximum atomic E-state index is 12.0. The number of hydrogen-bond donors (Lipinski definition) is 0. The van der Waals surface area contributed by atoms with Gasteiger partial charge in [-0.05, 0) is 23.8 Å². The van der Waals surface area contributed by atoms with Crippen LogP contribution >= 0.6 is 0 Å². The summed E-state index contributed by atoms with van der Waals surface area (Å²) < 4.78 is 30.5. The van der Waals surface area contributed by atoms with Gasteiger partial charge in [-0.15, -0.1) is 0 Å². The lowest BCUT2D eigenvalue weighted by molar-refractivity contribution is -0.384. The molecule has 20 heavy (non-hydrogen) atoms. The lowest BCUT2D eigenvalue weighted by Crippen LogP contribution is -2.39. The molecule has 0 bridgehead atoms. The van der Waals surface area contributed by atoms with Crippen molar-refractivity contribution < 1.29 is 18.1 Å². The first-order valence-corrected chi connectivity index (χ1v) is 7.50. The monoisotopic (exact) mass is 298 g/mol.